The van der Waals surface area contributed by atoms with Gasteiger partial charge in [0.25, 0.3) is 0 Å². The molecule has 2 heteroatoms. The largest absolute Gasteiger partial charge is 0.395 e. The van der Waals surface area contributed by atoms with Crippen molar-refractivity contribution in [1.82, 2.24) is 5.32 Å². The molecule has 15 heavy (non-hydrogen) atoms. The first-order chi connectivity index (χ1) is 7.04. The standard InChI is InChI=1S/C13H21NO/c1-9-5-6-13(10(2)7-9)12(4)14-11(3)8-15/h5-7,11-12,14-15H,8H2,1-4H3/t11-,12?/m1/s1. The molecular weight excluding hydrogens is 186 g/mol. The first kappa shape index (κ1) is 12.2. The molecule has 1 unspecified atom stereocenters. The van der Waals surface area contributed by atoms with Crippen molar-refractivity contribution in [3.05, 3.63) is 34.9 Å². The molecule has 2 N–H and O–H groups in total. The van der Waals surface area contributed by atoms with E-state index in [1.807, 2.05) is 6.92 Å². The highest BCUT2D eigenvalue weighted by molar-refractivity contribution is 5.32. The summed E-state index contributed by atoms with van der Waals surface area (Å²) in [6.45, 7) is 8.52. The van der Waals surface area contributed by atoms with Gasteiger partial charge in [0.1, 0.15) is 0 Å². The third-order valence-corrected chi connectivity index (χ3v) is 2.70. The smallest absolute Gasteiger partial charge is 0.0582 e. The Hall–Kier alpha value is -0.860. The van der Waals surface area contributed by atoms with Crippen molar-refractivity contribution in [2.45, 2.75) is 39.8 Å². The molecule has 0 spiro atoms. The van der Waals surface area contributed by atoms with Crippen LogP contribution in [-0.4, -0.2) is 17.8 Å². The van der Waals surface area contributed by atoms with Crippen LogP contribution in [-0.2, 0) is 0 Å². The normalized spacial score (nSPS) is 15.0. The molecule has 0 radical (unpaired) electrons. The van der Waals surface area contributed by atoms with Crippen LogP contribution in [0.2, 0.25) is 0 Å². The number of aliphatic hydroxyl groups is 1. The predicted molar refractivity (Wildman–Crippen MR) is 64.0 cm³/mol. The lowest BCUT2D eigenvalue weighted by Crippen LogP contribution is -2.32. The molecule has 0 saturated heterocycles. The summed E-state index contributed by atoms with van der Waals surface area (Å²) >= 11 is 0. The fraction of sp³-hybridized carbons (Fsp3) is 0.538. The van der Waals surface area contributed by atoms with E-state index in [0.717, 1.165) is 0 Å². The summed E-state index contributed by atoms with van der Waals surface area (Å²) in [5.41, 5.74) is 3.90. The maximum Gasteiger partial charge on any atom is 0.0582 e. The number of aryl methyl sites for hydroxylation is 2. The molecule has 0 aliphatic rings. The molecule has 1 aromatic carbocycles. The minimum absolute atomic E-state index is 0.140. The van der Waals surface area contributed by atoms with Crippen LogP contribution in [0.3, 0.4) is 0 Å². The molecule has 84 valence electrons. The first-order valence-corrected chi connectivity index (χ1v) is 5.48. The zero-order valence-corrected chi connectivity index (χ0v) is 10.0. The summed E-state index contributed by atoms with van der Waals surface area (Å²) in [6, 6.07) is 6.90. The van der Waals surface area contributed by atoms with E-state index in [1.54, 1.807) is 0 Å². The second kappa shape index (κ2) is 5.29. The number of benzene rings is 1. The molecule has 0 saturated carbocycles. The molecule has 2 atom stereocenters. The Morgan fingerprint density at radius 1 is 1.27 bits per heavy atom. The van der Waals surface area contributed by atoms with Crippen LogP contribution in [0.15, 0.2) is 18.2 Å². The minimum Gasteiger partial charge on any atom is -0.395 e. The van der Waals surface area contributed by atoms with Gasteiger partial charge < -0.3 is 10.4 Å². The van der Waals surface area contributed by atoms with Gasteiger partial charge in [0, 0.05) is 12.1 Å². The highest BCUT2D eigenvalue weighted by atomic mass is 16.3. The predicted octanol–water partition coefficient (Wildman–Crippen LogP) is 2.33. The van der Waals surface area contributed by atoms with E-state index in [2.05, 4.69) is 44.3 Å². The van der Waals surface area contributed by atoms with Crippen LogP contribution in [0.25, 0.3) is 0 Å². The van der Waals surface area contributed by atoms with E-state index in [9.17, 15) is 0 Å². The average molecular weight is 207 g/mol. The third kappa shape index (κ3) is 3.33. The van der Waals surface area contributed by atoms with Gasteiger partial charge in [-0.15, -0.1) is 0 Å². The van der Waals surface area contributed by atoms with E-state index in [-0.39, 0.29) is 18.7 Å². The van der Waals surface area contributed by atoms with Crippen LogP contribution in [0, 0.1) is 13.8 Å². The topological polar surface area (TPSA) is 32.3 Å². The molecule has 0 bridgehead atoms. The van der Waals surface area contributed by atoms with Crippen LogP contribution in [0.1, 0.15) is 36.6 Å². The SMILES string of the molecule is Cc1ccc(C(C)N[C@H](C)CO)c(C)c1. The summed E-state index contributed by atoms with van der Waals surface area (Å²) in [6.07, 6.45) is 0. The molecule has 1 rings (SSSR count). The molecular formula is C13H21NO. The van der Waals surface area contributed by atoms with E-state index < -0.39 is 0 Å². The highest BCUT2D eigenvalue weighted by Gasteiger charge is 2.10. The zero-order chi connectivity index (χ0) is 11.4. The van der Waals surface area contributed by atoms with Crippen molar-refractivity contribution in [3.63, 3.8) is 0 Å². The van der Waals surface area contributed by atoms with Gasteiger partial charge in [-0.2, -0.15) is 0 Å². The molecule has 2 nitrogen and oxygen atoms in total. The Balaban J connectivity index is 2.77. The second-order valence-electron chi connectivity index (χ2n) is 4.33. The maximum atomic E-state index is 8.98. The number of aliphatic hydroxyl groups excluding tert-OH is 1. The van der Waals surface area contributed by atoms with Crippen molar-refractivity contribution >= 4 is 0 Å². The Kier molecular flexibility index (Phi) is 4.30. The lowest BCUT2D eigenvalue weighted by molar-refractivity contribution is 0.243. The van der Waals surface area contributed by atoms with Crippen LogP contribution < -0.4 is 5.32 Å². The maximum absolute atomic E-state index is 8.98. The van der Waals surface area contributed by atoms with Gasteiger partial charge in [-0.1, -0.05) is 23.8 Å². The van der Waals surface area contributed by atoms with Crippen LogP contribution in [0.4, 0.5) is 0 Å². The summed E-state index contributed by atoms with van der Waals surface area (Å²) in [5.74, 6) is 0. The van der Waals surface area contributed by atoms with Gasteiger partial charge in [0.05, 0.1) is 6.61 Å². The Morgan fingerprint density at radius 2 is 1.93 bits per heavy atom. The minimum atomic E-state index is 0.140. The first-order valence-electron chi connectivity index (χ1n) is 5.48. The van der Waals surface area contributed by atoms with Gasteiger partial charge in [0.2, 0.25) is 0 Å². The summed E-state index contributed by atoms with van der Waals surface area (Å²) in [4.78, 5) is 0. The quantitative estimate of drug-likeness (QED) is 0.794. The Morgan fingerprint density at radius 3 is 2.47 bits per heavy atom. The summed E-state index contributed by atoms with van der Waals surface area (Å²) in [7, 11) is 0. The van der Waals surface area contributed by atoms with E-state index >= 15 is 0 Å². The van der Waals surface area contributed by atoms with Gasteiger partial charge in [0.15, 0.2) is 0 Å². The molecule has 0 amide bonds. The van der Waals surface area contributed by atoms with E-state index in [4.69, 9.17) is 5.11 Å². The number of nitrogens with one attached hydrogen (secondary N) is 1. The lowest BCUT2D eigenvalue weighted by Gasteiger charge is -2.20. The van der Waals surface area contributed by atoms with Crippen molar-refractivity contribution in [3.8, 4) is 0 Å². The molecule has 1 aromatic rings. The van der Waals surface area contributed by atoms with Gasteiger partial charge in [-0.05, 0) is 38.8 Å². The van der Waals surface area contributed by atoms with Gasteiger partial charge in [-0.25, -0.2) is 0 Å². The summed E-state index contributed by atoms with van der Waals surface area (Å²) in [5, 5.41) is 12.3. The highest BCUT2D eigenvalue weighted by Crippen LogP contribution is 2.18. The van der Waals surface area contributed by atoms with Crippen molar-refractivity contribution < 1.29 is 5.11 Å². The fourth-order valence-electron chi connectivity index (χ4n) is 1.88. The summed E-state index contributed by atoms with van der Waals surface area (Å²) < 4.78 is 0. The number of hydrogen-bond donors (Lipinski definition) is 2. The van der Waals surface area contributed by atoms with Crippen molar-refractivity contribution in [2.24, 2.45) is 0 Å². The molecule has 0 aliphatic heterocycles. The van der Waals surface area contributed by atoms with E-state index in [1.165, 1.54) is 16.7 Å². The average Bonchev–Trinajstić information content (AvgIpc) is 2.17. The van der Waals surface area contributed by atoms with Gasteiger partial charge in [-0.3, -0.25) is 0 Å². The number of rotatable bonds is 4. The Labute approximate surface area is 92.3 Å². The Bertz CT molecular complexity index is 322. The van der Waals surface area contributed by atoms with Gasteiger partial charge >= 0.3 is 0 Å². The van der Waals surface area contributed by atoms with Crippen LogP contribution >= 0.6 is 0 Å². The second-order valence-corrected chi connectivity index (χ2v) is 4.33. The van der Waals surface area contributed by atoms with Crippen LogP contribution in [0.5, 0.6) is 0 Å². The molecule has 0 fully saturated rings. The third-order valence-electron chi connectivity index (χ3n) is 2.70. The van der Waals surface area contributed by atoms with E-state index in [0.29, 0.717) is 0 Å². The zero-order valence-electron chi connectivity index (χ0n) is 10.0. The fourth-order valence-corrected chi connectivity index (χ4v) is 1.88. The van der Waals surface area contributed by atoms with Crippen molar-refractivity contribution in [1.29, 1.82) is 0 Å². The monoisotopic (exact) mass is 207 g/mol. The molecule has 0 aliphatic carbocycles. The molecule has 0 aromatic heterocycles. The van der Waals surface area contributed by atoms with Crippen molar-refractivity contribution in [2.75, 3.05) is 6.61 Å². The molecule has 0 heterocycles. The lowest BCUT2D eigenvalue weighted by atomic mass is 10.00. The number of hydrogen-bond acceptors (Lipinski definition) is 2.